The summed E-state index contributed by atoms with van der Waals surface area (Å²) in [7, 11) is 0. The van der Waals surface area contributed by atoms with Gasteiger partial charge in [-0.05, 0) is 37.0 Å². The minimum atomic E-state index is -0.889. The molecule has 1 saturated carbocycles. The summed E-state index contributed by atoms with van der Waals surface area (Å²) in [5.74, 6) is -0.194. The second-order valence-electron chi connectivity index (χ2n) is 4.53. The van der Waals surface area contributed by atoms with Crippen LogP contribution in [0.3, 0.4) is 0 Å². The number of carboxylic acids is 1. The Balaban J connectivity index is 2.06. The van der Waals surface area contributed by atoms with Crippen LogP contribution in [0.15, 0.2) is 22.7 Å². The average Bonchev–Trinajstić information content (AvgIpc) is 2.80. The molecule has 0 bridgehead atoms. The van der Waals surface area contributed by atoms with E-state index in [9.17, 15) is 4.79 Å². The molecule has 92 valence electrons. The zero-order valence-corrected chi connectivity index (χ0v) is 11.2. The highest BCUT2D eigenvalue weighted by molar-refractivity contribution is 9.10. The zero-order chi connectivity index (χ0) is 12.3. The van der Waals surface area contributed by atoms with Crippen LogP contribution in [0.5, 0.6) is 0 Å². The monoisotopic (exact) mass is 297 g/mol. The molecular weight excluding hydrogens is 282 g/mol. The number of halogens is 1. The third kappa shape index (κ3) is 3.22. The quantitative estimate of drug-likeness (QED) is 0.890. The lowest BCUT2D eigenvalue weighted by Crippen LogP contribution is -2.13. The van der Waals surface area contributed by atoms with Gasteiger partial charge in [-0.1, -0.05) is 28.8 Å². The van der Waals surface area contributed by atoms with Gasteiger partial charge in [0.1, 0.15) is 0 Å². The van der Waals surface area contributed by atoms with Crippen molar-refractivity contribution in [3.8, 4) is 0 Å². The molecule has 0 heterocycles. The lowest BCUT2D eigenvalue weighted by molar-refractivity contribution is 0.0698. The maximum Gasteiger partial charge on any atom is 0.337 e. The highest BCUT2D eigenvalue weighted by atomic mass is 79.9. The van der Waals surface area contributed by atoms with Gasteiger partial charge in [0.2, 0.25) is 0 Å². The molecule has 3 nitrogen and oxygen atoms in total. The van der Waals surface area contributed by atoms with Gasteiger partial charge in [0.15, 0.2) is 0 Å². The first-order valence-electron chi connectivity index (χ1n) is 5.93. The fraction of sp³-hybridized carbons (Fsp3) is 0.462. The van der Waals surface area contributed by atoms with Gasteiger partial charge in [-0.15, -0.1) is 0 Å². The highest BCUT2D eigenvalue weighted by Crippen LogP contribution is 2.26. The van der Waals surface area contributed by atoms with Gasteiger partial charge in [-0.2, -0.15) is 0 Å². The molecule has 0 amide bonds. The van der Waals surface area contributed by atoms with Gasteiger partial charge in [0, 0.05) is 16.7 Å². The van der Waals surface area contributed by atoms with Crippen molar-refractivity contribution in [1.29, 1.82) is 0 Å². The molecule has 0 atom stereocenters. The SMILES string of the molecule is O=C(O)c1cc(Br)ccc1NCC1CCCC1. The standard InChI is InChI=1S/C13H16BrNO2/c14-10-5-6-12(11(7-10)13(16)17)15-8-9-3-1-2-4-9/h5-7,9,15H,1-4,8H2,(H,16,17). The molecule has 0 unspecified atom stereocenters. The van der Waals surface area contributed by atoms with Crippen molar-refractivity contribution in [1.82, 2.24) is 0 Å². The Hall–Kier alpha value is -1.03. The van der Waals surface area contributed by atoms with Crippen molar-refractivity contribution in [2.24, 2.45) is 5.92 Å². The Labute approximate surface area is 109 Å². The Kier molecular flexibility index (Phi) is 4.05. The van der Waals surface area contributed by atoms with Gasteiger partial charge >= 0.3 is 5.97 Å². The summed E-state index contributed by atoms with van der Waals surface area (Å²) >= 11 is 3.29. The number of carboxylic acid groups (broad SMARTS) is 1. The number of nitrogens with one attached hydrogen (secondary N) is 1. The Bertz CT molecular complexity index is 414. The molecule has 0 spiro atoms. The van der Waals surface area contributed by atoms with Crippen LogP contribution in [-0.4, -0.2) is 17.6 Å². The third-order valence-corrected chi connectivity index (χ3v) is 3.76. The number of benzene rings is 1. The van der Waals surface area contributed by atoms with Crippen LogP contribution in [0.2, 0.25) is 0 Å². The second-order valence-corrected chi connectivity index (χ2v) is 5.44. The highest BCUT2D eigenvalue weighted by Gasteiger charge is 2.16. The van der Waals surface area contributed by atoms with E-state index >= 15 is 0 Å². The Morgan fingerprint density at radius 2 is 2.12 bits per heavy atom. The van der Waals surface area contributed by atoms with Gasteiger partial charge in [-0.25, -0.2) is 4.79 Å². The van der Waals surface area contributed by atoms with Crippen LogP contribution >= 0.6 is 15.9 Å². The Morgan fingerprint density at radius 1 is 1.41 bits per heavy atom. The second kappa shape index (κ2) is 5.54. The van der Waals surface area contributed by atoms with E-state index in [1.165, 1.54) is 25.7 Å². The lowest BCUT2D eigenvalue weighted by Gasteiger charge is -2.13. The van der Waals surface area contributed by atoms with E-state index < -0.39 is 5.97 Å². The summed E-state index contributed by atoms with van der Waals surface area (Å²) in [6.45, 7) is 0.877. The first-order chi connectivity index (χ1) is 8.16. The maximum atomic E-state index is 11.1. The van der Waals surface area contributed by atoms with E-state index in [1.807, 2.05) is 12.1 Å². The average molecular weight is 298 g/mol. The number of anilines is 1. The van der Waals surface area contributed by atoms with Crippen molar-refractivity contribution in [2.45, 2.75) is 25.7 Å². The maximum absolute atomic E-state index is 11.1. The molecule has 17 heavy (non-hydrogen) atoms. The summed E-state index contributed by atoms with van der Waals surface area (Å²) in [6, 6.07) is 5.32. The number of aromatic carboxylic acids is 1. The fourth-order valence-corrected chi connectivity index (χ4v) is 2.68. The number of hydrogen-bond donors (Lipinski definition) is 2. The van der Waals surface area contributed by atoms with Crippen molar-refractivity contribution >= 4 is 27.6 Å². The van der Waals surface area contributed by atoms with Crippen LogP contribution in [0.4, 0.5) is 5.69 Å². The normalized spacial score (nSPS) is 16.1. The molecule has 0 radical (unpaired) electrons. The van der Waals surface area contributed by atoms with Crippen molar-refractivity contribution in [3.63, 3.8) is 0 Å². The summed E-state index contributed by atoms with van der Waals surface area (Å²) in [6.07, 6.45) is 5.12. The summed E-state index contributed by atoms with van der Waals surface area (Å²) in [4.78, 5) is 11.1. The molecule has 1 fully saturated rings. The Morgan fingerprint density at radius 3 is 2.76 bits per heavy atom. The van der Waals surface area contributed by atoms with E-state index in [1.54, 1.807) is 6.07 Å². The molecule has 4 heteroatoms. The van der Waals surface area contributed by atoms with Crippen molar-refractivity contribution in [3.05, 3.63) is 28.2 Å². The van der Waals surface area contributed by atoms with Crippen molar-refractivity contribution < 1.29 is 9.90 Å². The zero-order valence-electron chi connectivity index (χ0n) is 9.58. The topological polar surface area (TPSA) is 49.3 Å². The number of carbonyl (C=O) groups is 1. The molecule has 0 aliphatic heterocycles. The summed E-state index contributed by atoms with van der Waals surface area (Å²) in [5.41, 5.74) is 1.05. The summed E-state index contributed by atoms with van der Waals surface area (Å²) < 4.78 is 0.793. The van der Waals surface area contributed by atoms with Gasteiger partial charge in [0.05, 0.1) is 5.56 Å². The fourth-order valence-electron chi connectivity index (χ4n) is 2.32. The van der Waals surface area contributed by atoms with Crippen LogP contribution < -0.4 is 5.32 Å². The van der Waals surface area contributed by atoms with E-state index in [-0.39, 0.29) is 0 Å². The molecule has 1 aromatic rings. The minimum Gasteiger partial charge on any atom is -0.478 e. The van der Waals surface area contributed by atoms with Crippen LogP contribution in [0.1, 0.15) is 36.0 Å². The van der Waals surface area contributed by atoms with Gasteiger partial charge < -0.3 is 10.4 Å². The predicted molar refractivity (Wildman–Crippen MR) is 71.5 cm³/mol. The number of hydrogen-bond acceptors (Lipinski definition) is 2. The van der Waals surface area contributed by atoms with Gasteiger partial charge in [-0.3, -0.25) is 0 Å². The van der Waals surface area contributed by atoms with E-state index in [2.05, 4.69) is 21.2 Å². The predicted octanol–water partition coefficient (Wildman–Crippen LogP) is 3.75. The van der Waals surface area contributed by atoms with Crippen LogP contribution in [0.25, 0.3) is 0 Å². The minimum absolute atomic E-state index is 0.331. The van der Waals surface area contributed by atoms with Gasteiger partial charge in [0.25, 0.3) is 0 Å². The molecule has 1 aliphatic rings. The first-order valence-corrected chi connectivity index (χ1v) is 6.73. The molecule has 2 N–H and O–H groups in total. The molecule has 1 aromatic carbocycles. The smallest absolute Gasteiger partial charge is 0.337 e. The van der Waals surface area contributed by atoms with E-state index in [0.29, 0.717) is 17.2 Å². The molecule has 2 rings (SSSR count). The van der Waals surface area contributed by atoms with Crippen LogP contribution in [-0.2, 0) is 0 Å². The van der Waals surface area contributed by atoms with E-state index in [0.717, 1.165) is 11.0 Å². The third-order valence-electron chi connectivity index (χ3n) is 3.27. The number of rotatable bonds is 4. The molecule has 0 saturated heterocycles. The first kappa shape index (κ1) is 12.4. The lowest BCUT2D eigenvalue weighted by atomic mass is 10.1. The van der Waals surface area contributed by atoms with Crippen molar-refractivity contribution in [2.75, 3.05) is 11.9 Å². The molecular formula is C13H16BrNO2. The molecule has 1 aliphatic carbocycles. The summed E-state index contributed by atoms with van der Waals surface area (Å²) in [5, 5.41) is 12.4. The molecule has 0 aromatic heterocycles. The van der Waals surface area contributed by atoms with E-state index in [4.69, 9.17) is 5.11 Å². The largest absolute Gasteiger partial charge is 0.478 e. The van der Waals surface area contributed by atoms with Crippen LogP contribution in [0, 0.1) is 5.92 Å².